The summed E-state index contributed by atoms with van der Waals surface area (Å²) >= 11 is 0. The average Bonchev–Trinajstić information content (AvgIpc) is 3.07. The molecule has 2 nitrogen and oxygen atoms in total. The van der Waals surface area contributed by atoms with E-state index in [1.54, 1.807) is 6.07 Å². The quantitative estimate of drug-likeness (QED) is 0.861. The fourth-order valence-electron chi connectivity index (χ4n) is 2.11. The van der Waals surface area contributed by atoms with Crippen molar-refractivity contribution in [3.63, 3.8) is 0 Å². The van der Waals surface area contributed by atoms with Crippen LogP contribution in [0, 0.1) is 28.5 Å². The molecule has 0 radical (unpaired) electrons. The molecular weight excluding hydrogens is 215 g/mol. The molecule has 0 aliphatic heterocycles. The van der Waals surface area contributed by atoms with Crippen LogP contribution < -0.4 is 5.32 Å². The Bertz CT molecular complexity index is 456. The van der Waals surface area contributed by atoms with Gasteiger partial charge in [-0.05, 0) is 42.4 Å². The Kier molecular flexibility index (Phi) is 3.06. The van der Waals surface area contributed by atoms with Crippen LogP contribution in [0.5, 0.6) is 0 Å². The van der Waals surface area contributed by atoms with E-state index in [-0.39, 0.29) is 5.56 Å². The fourth-order valence-corrected chi connectivity index (χ4v) is 2.11. The Labute approximate surface area is 101 Å². The smallest absolute Gasteiger partial charge is 0.143 e. The Hall–Kier alpha value is -1.56. The topological polar surface area (TPSA) is 35.8 Å². The van der Waals surface area contributed by atoms with Gasteiger partial charge in [0.2, 0.25) is 0 Å². The van der Waals surface area contributed by atoms with Crippen LogP contribution in [0.25, 0.3) is 0 Å². The largest absolute Gasteiger partial charge is 0.384 e. The van der Waals surface area contributed by atoms with E-state index < -0.39 is 5.82 Å². The third kappa shape index (κ3) is 2.41. The van der Waals surface area contributed by atoms with Crippen molar-refractivity contribution in [2.75, 3.05) is 11.9 Å². The lowest BCUT2D eigenvalue weighted by Crippen LogP contribution is -2.20. The standard InChI is InChI=1S/C14H17FN2/c1-10(2)14(5-6-14)9-17-12-4-3-11(8-16)13(15)7-12/h3-4,7,10,17H,5-6,9H2,1-2H3. The second-order valence-electron chi connectivity index (χ2n) is 5.18. The van der Waals surface area contributed by atoms with Gasteiger partial charge >= 0.3 is 0 Å². The molecule has 17 heavy (non-hydrogen) atoms. The molecule has 0 heterocycles. The maximum absolute atomic E-state index is 13.4. The number of hydrogen-bond acceptors (Lipinski definition) is 2. The van der Waals surface area contributed by atoms with Crippen molar-refractivity contribution in [2.45, 2.75) is 26.7 Å². The summed E-state index contributed by atoms with van der Waals surface area (Å²) < 4.78 is 13.4. The third-order valence-corrected chi connectivity index (χ3v) is 3.85. The van der Waals surface area contributed by atoms with Crippen molar-refractivity contribution >= 4 is 5.69 Å². The van der Waals surface area contributed by atoms with Crippen LogP contribution in [0.15, 0.2) is 18.2 Å². The highest BCUT2D eigenvalue weighted by Gasteiger charge is 2.44. The molecule has 1 aromatic carbocycles. The third-order valence-electron chi connectivity index (χ3n) is 3.85. The molecule has 0 unspecified atom stereocenters. The summed E-state index contributed by atoms with van der Waals surface area (Å²) in [6.45, 7) is 5.35. The summed E-state index contributed by atoms with van der Waals surface area (Å²) in [6.07, 6.45) is 2.49. The number of nitrogens with one attached hydrogen (secondary N) is 1. The molecule has 1 N–H and O–H groups in total. The van der Waals surface area contributed by atoms with Crippen LogP contribution in [-0.2, 0) is 0 Å². The van der Waals surface area contributed by atoms with Gasteiger partial charge in [0.15, 0.2) is 0 Å². The minimum Gasteiger partial charge on any atom is -0.384 e. The van der Waals surface area contributed by atoms with Gasteiger partial charge in [-0.2, -0.15) is 5.26 Å². The van der Waals surface area contributed by atoms with Gasteiger partial charge < -0.3 is 5.32 Å². The van der Waals surface area contributed by atoms with Crippen molar-refractivity contribution < 1.29 is 4.39 Å². The summed E-state index contributed by atoms with van der Waals surface area (Å²) in [4.78, 5) is 0. The summed E-state index contributed by atoms with van der Waals surface area (Å²) in [5.41, 5.74) is 1.25. The van der Waals surface area contributed by atoms with Crippen LogP contribution >= 0.6 is 0 Å². The molecule has 1 aliphatic rings. The maximum Gasteiger partial charge on any atom is 0.143 e. The van der Waals surface area contributed by atoms with Crippen molar-refractivity contribution in [2.24, 2.45) is 11.3 Å². The van der Waals surface area contributed by atoms with E-state index in [4.69, 9.17) is 5.26 Å². The second kappa shape index (κ2) is 4.37. The fraction of sp³-hybridized carbons (Fsp3) is 0.500. The predicted molar refractivity (Wildman–Crippen MR) is 66.1 cm³/mol. The lowest BCUT2D eigenvalue weighted by molar-refractivity contribution is 0.380. The summed E-state index contributed by atoms with van der Waals surface area (Å²) in [5.74, 6) is 0.199. The van der Waals surface area contributed by atoms with Gasteiger partial charge in [-0.15, -0.1) is 0 Å². The minimum atomic E-state index is -0.452. The zero-order valence-corrected chi connectivity index (χ0v) is 10.3. The highest BCUT2D eigenvalue weighted by Crippen LogP contribution is 2.51. The Morgan fingerprint density at radius 1 is 1.47 bits per heavy atom. The lowest BCUT2D eigenvalue weighted by Gasteiger charge is -2.20. The summed E-state index contributed by atoms with van der Waals surface area (Å²) in [5, 5.41) is 11.9. The van der Waals surface area contributed by atoms with Crippen molar-refractivity contribution in [3.05, 3.63) is 29.6 Å². The van der Waals surface area contributed by atoms with Gasteiger partial charge in [0.25, 0.3) is 0 Å². The van der Waals surface area contributed by atoms with E-state index in [1.807, 2.05) is 6.07 Å². The van der Waals surface area contributed by atoms with Crippen molar-refractivity contribution in [3.8, 4) is 6.07 Å². The van der Waals surface area contributed by atoms with Gasteiger partial charge in [0, 0.05) is 12.2 Å². The molecule has 0 bridgehead atoms. The first kappa shape index (κ1) is 11.9. The molecule has 3 heteroatoms. The highest BCUT2D eigenvalue weighted by molar-refractivity contribution is 5.48. The number of nitriles is 1. The molecule has 90 valence electrons. The maximum atomic E-state index is 13.4. The zero-order chi connectivity index (χ0) is 12.5. The predicted octanol–water partition coefficient (Wildman–Crippen LogP) is 3.55. The molecule has 2 rings (SSSR count). The van der Waals surface area contributed by atoms with Crippen molar-refractivity contribution in [1.82, 2.24) is 0 Å². The van der Waals surface area contributed by atoms with Gasteiger partial charge in [0.1, 0.15) is 11.9 Å². The molecule has 0 atom stereocenters. The number of benzene rings is 1. The second-order valence-corrected chi connectivity index (χ2v) is 5.18. The Morgan fingerprint density at radius 3 is 2.65 bits per heavy atom. The summed E-state index contributed by atoms with van der Waals surface area (Å²) in [7, 11) is 0. The molecule has 0 saturated heterocycles. The van der Waals surface area contributed by atoms with Crippen LogP contribution in [0.2, 0.25) is 0 Å². The highest BCUT2D eigenvalue weighted by atomic mass is 19.1. The van der Waals surface area contributed by atoms with E-state index in [0.29, 0.717) is 11.3 Å². The van der Waals surface area contributed by atoms with Gasteiger partial charge in [-0.25, -0.2) is 4.39 Å². The van der Waals surface area contributed by atoms with Crippen LogP contribution in [0.1, 0.15) is 32.3 Å². The lowest BCUT2D eigenvalue weighted by atomic mass is 9.92. The first-order valence-electron chi connectivity index (χ1n) is 6.01. The monoisotopic (exact) mass is 232 g/mol. The molecular formula is C14H17FN2. The molecule has 0 aromatic heterocycles. The van der Waals surface area contributed by atoms with Gasteiger partial charge in [-0.1, -0.05) is 13.8 Å². The number of nitrogens with zero attached hydrogens (tertiary/aromatic N) is 1. The first-order valence-corrected chi connectivity index (χ1v) is 6.01. The number of hydrogen-bond donors (Lipinski definition) is 1. The number of rotatable bonds is 4. The van der Waals surface area contributed by atoms with Gasteiger partial charge in [-0.3, -0.25) is 0 Å². The Morgan fingerprint density at radius 2 is 2.18 bits per heavy atom. The molecule has 0 spiro atoms. The van der Waals surface area contributed by atoms with E-state index in [2.05, 4.69) is 19.2 Å². The van der Waals surface area contributed by atoms with E-state index in [1.165, 1.54) is 25.0 Å². The Balaban J connectivity index is 2.01. The van der Waals surface area contributed by atoms with Crippen LogP contribution in [0.3, 0.4) is 0 Å². The molecule has 1 aromatic rings. The van der Waals surface area contributed by atoms with E-state index in [0.717, 1.165) is 12.2 Å². The normalized spacial score (nSPS) is 16.6. The number of halogens is 1. The SMILES string of the molecule is CC(C)C1(CNc2ccc(C#N)c(F)c2)CC1. The molecule has 1 fully saturated rings. The molecule has 0 amide bonds. The first-order chi connectivity index (χ1) is 8.07. The van der Waals surface area contributed by atoms with E-state index >= 15 is 0 Å². The zero-order valence-electron chi connectivity index (χ0n) is 10.3. The van der Waals surface area contributed by atoms with Gasteiger partial charge in [0.05, 0.1) is 5.56 Å². The summed E-state index contributed by atoms with van der Waals surface area (Å²) in [6, 6.07) is 6.50. The average molecular weight is 232 g/mol. The molecule has 1 aliphatic carbocycles. The van der Waals surface area contributed by atoms with E-state index in [9.17, 15) is 4.39 Å². The van der Waals surface area contributed by atoms with Crippen LogP contribution in [0.4, 0.5) is 10.1 Å². The minimum absolute atomic E-state index is 0.0977. The van der Waals surface area contributed by atoms with Crippen LogP contribution in [-0.4, -0.2) is 6.54 Å². The molecule has 1 saturated carbocycles. The van der Waals surface area contributed by atoms with Crippen molar-refractivity contribution in [1.29, 1.82) is 5.26 Å². The number of anilines is 1.